The van der Waals surface area contributed by atoms with Crippen LogP contribution in [-0.4, -0.2) is 5.91 Å². The number of carbonyl (C=O) groups is 1. The highest BCUT2D eigenvalue weighted by atomic mass is 127. The first-order valence-electron chi connectivity index (χ1n) is 3.83. The number of rotatable bonds is 2. The van der Waals surface area contributed by atoms with Gasteiger partial charge in [0.2, 0.25) is 5.91 Å². The van der Waals surface area contributed by atoms with Crippen molar-refractivity contribution in [3.63, 3.8) is 0 Å². The van der Waals surface area contributed by atoms with Crippen LogP contribution >= 0.6 is 22.6 Å². The van der Waals surface area contributed by atoms with Gasteiger partial charge in [-0.2, -0.15) is 0 Å². The van der Waals surface area contributed by atoms with Gasteiger partial charge >= 0.3 is 0 Å². The van der Waals surface area contributed by atoms with Gasteiger partial charge in [-0.3, -0.25) is 4.79 Å². The van der Waals surface area contributed by atoms with E-state index >= 15 is 0 Å². The van der Waals surface area contributed by atoms with Crippen LogP contribution in [0.1, 0.15) is 12.5 Å². The summed E-state index contributed by atoms with van der Waals surface area (Å²) in [6.45, 7) is 5.18. The maximum absolute atomic E-state index is 10.7. The number of nitrogens with one attached hydrogen (secondary N) is 1. The summed E-state index contributed by atoms with van der Waals surface area (Å²) in [5, 5.41) is 2.72. The summed E-state index contributed by atoms with van der Waals surface area (Å²) >= 11 is 2.21. The SMILES string of the molecule is C=Cc1ccc(NC(C)=O)cc1I. The van der Waals surface area contributed by atoms with Crippen LogP contribution < -0.4 is 5.32 Å². The topological polar surface area (TPSA) is 29.1 Å². The van der Waals surface area contributed by atoms with Crippen molar-refractivity contribution in [2.45, 2.75) is 6.92 Å². The lowest BCUT2D eigenvalue weighted by Crippen LogP contribution is -2.05. The number of benzene rings is 1. The number of hydrogen-bond acceptors (Lipinski definition) is 1. The number of hydrogen-bond donors (Lipinski definition) is 1. The molecule has 0 saturated heterocycles. The van der Waals surface area contributed by atoms with E-state index < -0.39 is 0 Å². The lowest BCUT2D eigenvalue weighted by Gasteiger charge is -2.04. The Balaban J connectivity index is 2.95. The molecule has 1 rings (SSSR count). The van der Waals surface area contributed by atoms with Gasteiger partial charge in [0.05, 0.1) is 0 Å². The van der Waals surface area contributed by atoms with Gasteiger partial charge in [0.25, 0.3) is 0 Å². The number of halogens is 1. The molecule has 0 heterocycles. The largest absolute Gasteiger partial charge is 0.326 e. The summed E-state index contributed by atoms with van der Waals surface area (Å²) in [6.07, 6.45) is 1.79. The minimum absolute atomic E-state index is 0.0536. The van der Waals surface area contributed by atoms with E-state index in [4.69, 9.17) is 0 Å². The van der Waals surface area contributed by atoms with E-state index in [1.165, 1.54) is 6.92 Å². The van der Waals surface area contributed by atoms with Crippen molar-refractivity contribution in [1.82, 2.24) is 0 Å². The van der Waals surface area contributed by atoms with Gasteiger partial charge in [0.15, 0.2) is 0 Å². The van der Waals surface area contributed by atoms with Crippen molar-refractivity contribution in [2.24, 2.45) is 0 Å². The summed E-state index contributed by atoms with van der Waals surface area (Å²) in [7, 11) is 0. The van der Waals surface area contributed by atoms with Crippen molar-refractivity contribution in [3.8, 4) is 0 Å². The standard InChI is InChI=1S/C10H10INO/c1-3-8-4-5-9(6-10(8)11)12-7(2)13/h3-6H,1H2,2H3,(H,12,13). The quantitative estimate of drug-likeness (QED) is 0.833. The first-order valence-corrected chi connectivity index (χ1v) is 4.91. The van der Waals surface area contributed by atoms with E-state index in [0.29, 0.717) is 0 Å². The van der Waals surface area contributed by atoms with Gasteiger partial charge in [0.1, 0.15) is 0 Å². The molecule has 0 unspecified atom stereocenters. The van der Waals surface area contributed by atoms with Gasteiger partial charge in [-0.25, -0.2) is 0 Å². The van der Waals surface area contributed by atoms with E-state index in [1.54, 1.807) is 6.08 Å². The van der Waals surface area contributed by atoms with Crippen LogP contribution in [0.15, 0.2) is 24.8 Å². The second kappa shape index (κ2) is 4.41. The summed E-state index contributed by atoms with van der Waals surface area (Å²) in [5.74, 6) is -0.0536. The Morgan fingerprint density at radius 2 is 2.31 bits per heavy atom. The van der Waals surface area contributed by atoms with Crippen molar-refractivity contribution in [1.29, 1.82) is 0 Å². The zero-order valence-electron chi connectivity index (χ0n) is 7.30. The molecule has 0 radical (unpaired) electrons. The van der Waals surface area contributed by atoms with Crippen LogP contribution in [0.25, 0.3) is 6.08 Å². The summed E-state index contributed by atoms with van der Waals surface area (Å²) in [6, 6.07) is 5.71. The molecule has 1 aromatic rings. The average molecular weight is 287 g/mol. The zero-order valence-corrected chi connectivity index (χ0v) is 9.46. The van der Waals surface area contributed by atoms with E-state index in [-0.39, 0.29) is 5.91 Å². The average Bonchev–Trinajstić information content (AvgIpc) is 2.03. The molecule has 0 spiro atoms. The lowest BCUT2D eigenvalue weighted by molar-refractivity contribution is -0.114. The van der Waals surface area contributed by atoms with E-state index in [0.717, 1.165) is 14.8 Å². The molecule has 3 heteroatoms. The van der Waals surface area contributed by atoms with Crippen LogP contribution in [0.2, 0.25) is 0 Å². The van der Waals surface area contributed by atoms with Crippen LogP contribution in [0.4, 0.5) is 5.69 Å². The molecule has 0 fully saturated rings. The first-order chi connectivity index (χ1) is 6.13. The minimum Gasteiger partial charge on any atom is -0.326 e. The van der Waals surface area contributed by atoms with Crippen LogP contribution in [0, 0.1) is 3.57 Å². The Morgan fingerprint density at radius 3 is 2.77 bits per heavy atom. The second-order valence-electron chi connectivity index (χ2n) is 2.62. The second-order valence-corrected chi connectivity index (χ2v) is 3.78. The molecule has 0 aliphatic carbocycles. The number of amides is 1. The molecule has 2 nitrogen and oxygen atoms in total. The first kappa shape index (κ1) is 10.2. The van der Waals surface area contributed by atoms with Crippen LogP contribution in [-0.2, 0) is 4.79 Å². The van der Waals surface area contributed by atoms with E-state index in [1.807, 2.05) is 18.2 Å². The predicted octanol–water partition coefficient (Wildman–Crippen LogP) is 2.89. The number of carbonyl (C=O) groups excluding carboxylic acids is 1. The Bertz CT molecular complexity index is 347. The Hall–Kier alpha value is -0.840. The van der Waals surface area contributed by atoms with Gasteiger partial charge in [-0.05, 0) is 40.3 Å². The van der Waals surface area contributed by atoms with Gasteiger partial charge in [-0.15, -0.1) is 0 Å². The maximum Gasteiger partial charge on any atom is 0.221 e. The summed E-state index contributed by atoms with van der Waals surface area (Å²) in [5.41, 5.74) is 1.90. The molecule has 0 aliphatic heterocycles. The molecule has 0 atom stereocenters. The van der Waals surface area contributed by atoms with Gasteiger partial charge in [-0.1, -0.05) is 18.7 Å². The minimum atomic E-state index is -0.0536. The lowest BCUT2D eigenvalue weighted by atomic mass is 10.2. The van der Waals surface area contributed by atoms with E-state index in [2.05, 4.69) is 34.5 Å². The van der Waals surface area contributed by atoms with Crippen LogP contribution in [0.5, 0.6) is 0 Å². The van der Waals surface area contributed by atoms with Crippen molar-refractivity contribution in [2.75, 3.05) is 5.32 Å². The molecular weight excluding hydrogens is 277 g/mol. The molecule has 0 aromatic heterocycles. The van der Waals surface area contributed by atoms with Gasteiger partial charge < -0.3 is 5.32 Å². The molecule has 0 bridgehead atoms. The third kappa shape index (κ3) is 2.84. The molecule has 13 heavy (non-hydrogen) atoms. The molecule has 0 aliphatic rings. The normalized spacial score (nSPS) is 9.38. The summed E-state index contributed by atoms with van der Waals surface area (Å²) < 4.78 is 1.08. The third-order valence-electron chi connectivity index (χ3n) is 1.54. The molecule has 1 aromatic carbocycles. The monoisotopic (exact) mass is 287 g/mol. The Labute approximate surface area is 91.2 Å². The predicted molar refractivity (Wildman–Crippen MR) is 63.6 cm³/mol. The fourth-order valence-corrected chi connectivity index (χ4v) is 1.71. The fraction of sp³-hybridized carbons (Fsp3) is 0.100. The smallest absolute Gasteiger partial charge is 0.221 e. The molecule has 1 amide bonds. The van der Waals surface area contributed by atoms with Gasteiger partial charge in [0, 0.05) is 16.2 Å². The maximum atomic E-state index is 10.7. The molecule has 1 N–H and O–H groups in total. The van der Waals surface area contributed by atoms with Crippen molar-refractivity contribution in [3.05, 3.63) is 33.9 Å². The zero-order chi connectivity index (χ0) is 9.84. The number of anilines is 1. The van der Waals surface area contributed by atoms with E-state index in [9.17, 15) is 4.79 Å². The van der Waals surface area contributed by atoms with Crippen molar-refractivity contribution >= 4 is 40.3 Å². The highest BCUT2D eigenvalue weighted by Gasteiger charge is 1.99. The fourth-order valence-electron chi connectivity index (χ4n) is 0.974. The highest BCUT2D eigenvalue weighted by molar-refractivity contribution is 14.1. The third-order valence-corrected chi connectivity index (χ3v) is 2.47. The Kier molecular flexibility index (Phi) is 3.48. The molecule has 68 valence electrons. The van der Waals surface area contributed by atoms with Crippen LogP contribution in [0.3, 0.4) is 0 Å². The summed E-state index contributed by atoms with van der Waals surface area (Å²) in [4.78, 5) is 10.7. The van der Waals surface area contributed by atoms with Crippen molar-refractivity contribution < 1.29 is 4.79 Å². The Morgan fingerprint density at radius 1 is 1.62 bits per heavy atom. The molecule has 0 saturated carbocycles. The molecular formula is C10H10INO. The highest BCUT2D eigenvalue weighted by Crippen LogP contribution is 2.18.